The number of halogens is 1. The Bertz CT molecular complexity index is 357. The predicted octanol–water partition coefficient (Wildman–Crippen LogP) is 1.98. The van der Waals surface area contributed by atoms with Gasteiger partial charge in [-0.05, 0) is 23.9 Å². The van der Waals surface area contributed by atoms with Gasteiger partial charge in [-0.1, -0.05) is 25.2 Å². The maximum atomic E-state index is 11.5. The second-order valence-electron chi connectivity index (χ2n) is 3.94. The zero-order valence-corrected chi connectivity index (χ0v) is 11.5. The number of carbonyl (C=O) groups is 1. The molecule has 0 aliphatic carbocycles. The SMILES string of the molecule is CC(C)COCCCNC(=O)c1nnc(Cl)s1. The highest BCUT2D eigenvalue weighted by atomic mass is 35.5. The Hall–Kier alpha value is -0.720. The number of carbonyl (C=O) groups excluding carboxylic acids is 1. The monoisotopic (exact) mass is 277 g/mol. The Morgan fingerprint density at radius 3 is 2.88 bits per heavy atom. The van der Waals surface area contributed by atoms with Crippen molar-refractivity contribution in [2.75, 3.05) is 19.8 Å². The molecule has 17 heavy (non-hydrogen) atoms. The van der Waals surface area contributed by atoms with Crippen LogP contribution < -0.4 is 5.32 Å². The van der Waals surface area contributed by atoms with Crippen molar-refractivity contribution in [3.63, 3.8) is 0 Å². The molecule has 5 nitrogen and oxygen atoms in total. The van der Waals surface area contributed by atoms with Crippen molar-refractivity contribution in [1.82, 2.24) is 15.5 Å². The first kappa shape index (κ1) is 14.3. The number of nitrogens with zero attached hydrogens (tertiary/aromatic N) is 2. The Morgan fingerprint density at radius 2 is 2.29 bits per heavy atom. The van der Waals surface area contributed by atoms with Gasteiger partial charge in [0.25, 0.3) is 5.91 Å². The number of nitrogens with one attached hydrogen (secondary N) is 1. The number of amides is 1. The van der Waals surface area contributed by atoms with Crippen molar-refractivity contribution in [2.45, 2.75) is 20.3 Å². The molecule has 0 aromatic carbocycles. The lowest BCUT2D eigenvalue weighted by molar-refractivity contribution is 0.0924. The van der Waals surface area contributed by atoms with Crippen LogP contribution in [0.5, 0.6) is 0 Å². The summed E-state index contributed by atoms with van der Waals surface area (Å²) in [4.78, 5) is 11.5. The summed E-state index contributed by atoms with van der Waals surface area (Å²) in [6.07, 6.45) is 0.783. The molecule has 0 saturated heterocycles. The summed E-state index contributed by atoms with van der Waals surface area (Å²) in [7, 11) is 0. The molecular weight excluding hydrogens is 262 g/mol. The smallest absolute Gasteiger partial charge is 0.282 e. The van der Waals surface area contributed by atoms with Crippen LogP contribution in [0.2, 0.25) is 4.47 Å². The zero-order valence-electron chi connectivity index (χ0n) is 9.90. The molecule has 0 aliphatic rings. The van der Waals surface area contributed by atoms with E-state index in [1.807, 2.05) is 0 Å². The summed E-state index contributed by atoms with van der Waals surface area (Å²) >= 11 is 6.65. The van der Waals surface area contributed by atoms with Gasteiger partial charge in [0.2, 0.25) is 9.47 Å². The van der Waals surface area contributed by atoms with Gasteiger partial charge in [0.1, 0.15) is 0 Å². The molecule has 7 heteroatoms. The van der Waals surface area contributed by atoms with Crippen LogP contribution in [0.15, 0.2) is 0 Å². The summed E-state index contributed by atoms with van der Waals surface area (Å²) in [6, 6.07) is 0. The molecule has 0 unspecified atom stereocenters. The van der Waals surface area contributed by atoms with Crippen LogP contribution in [0.4, 0.5) is 0 Å². The van der Waals surface area contributed by atoms with Crippen LogP contribution >= 0.6 is 22.9 Å². The zero-order chi connectivity index (χ0) is 12.7. The average molecular weight is 278 g/mol. The fourth-order valence-electron chi connectivity index (χ4n) is 1.07. The lowest BCUT2D eigenvalue weighted by Crippen LogP contribution is -2.25. The number of hydrogen-bond donors (Lipinski definition) is 1. The molecule has 0 radical (unpaired) electrons. The normalized spacial score (nSPS) is 10.8. The molecular formula is C10H16ClN3O2S. The summed E-state index contributed by atoms with van der Waals surface area (Å²) in [5.41, 5.74) is 0. The standard InChI is InChI=1S/C10H16ClN3O2S/c1-7(2)6-16-5-3-4-12-8(15)9-13-14-10(11)17-9/h7H,3-6H2,1-2H3,(H,12,15). The van der Waals surface area contributed by atoms with Gasteiger partial charge in [-0.15, -0.1) is 10.2 Å². The highest BCUT2D eigenvalue weighted by molar-refractivity contribution is 7.17. The molecule has 0 atom stereocenters. The maximum absolute atomic E-state index is 11.5. The third-order valence-electron chi connectivity index (χ3n) is 1.80. The highest BCUT2D eigenvalue weighted by Gasteiger charge is 2.10. The van der Waals surface area contributed by atoms with Gasteiger partial charge in [-0.3, -0.25) is 4.79 Å². The van der Waals surface area contributed by atoms with E-state index in [1.54, 1.807) is 0 Å². The fourth-order valence-corrected chi connectivity index (χ4v) is 1.81. The first-order valence-electron chi connectivity index (χ1n) is 5.44. The van der Waals surface area contributed by atoms with E-state index in [0.717, 1.165) is 24.4 Å². The molecule has 0 fully saturated rings. The molecule has 0 saturated carbocycles. The van der Waals surface area contributed by atoms with E-state index in [4.69, 9.17) is 16.3 Å². The van der Waals surface area contributed by atoms with Gasteiger partial charge in [-0.2, -0.15) is 0 Å². The Morgan fingerprint density at radius 1 is 1.53 bits per heavy atom. The van der Waals surface area contributed by atoms with Crippen molar-refractivity contribution in [3.05, 3.63) is 9.47 Å². The van der Waals surface area contributed by atoms with Crippen LogP contribution in [0.1, 0.15) is 30.1 Å². The Labute approximate surface area is 110 Å². The van der Waals surface area contributed by atoms with Gasteiger partial charge >= 0.3 is 0 Å². The summed E-state index contributed by atoms with van der Waals surface area (Å²) in [5.74, 6) is 0.298. The van der Waals surface area contributed by atoms with Crippen molar-refractivity contribution in [1.29, 1.82) is 0 Å². The molecule has 1 aromatic heterocycles. The van der Waals surface area contributed by atoms with E-state index in [9.17, 15) is 4.79 Å². The van der Waals surface area contributed by atoms with Gasteiger partial charge in [0.05, 0.1) is 0 Å². The predicted molar refractivity (Wildman–Crippen MR) is 67.5 cm³/mol. The molecule has 0 spiro atoms. The van der Waals surface area contributed by atoms with E-state index < -0.39 is 0 Å². The summed E-state index contributed by atoms with van der Waals surface area (Å²) in [6.45, 7) is 6.16. The van der Waals surface area contributed by atoms with Crippen molar-refractivity contribution < 1.29 is 9.53 Å². The Kier molecular flexibility index (Phi) is 6.39. The minimum absolute atomic E-state index is 0.238. The van der Waals surface area contributed by atoms with Crippen molar-refractivity contribution in [2.24, 2.45) is 5.92 Å². The number of hydrogen-bond acceptors (Lipinski definition) is 5. The molecule has 1 rings (SSSR count). The average Bonchev–Trinajstić information content (AvgIpc) is 2.69. The molecule has 1 aromatic rings. The van der Waals surface area contributed by atoms with Crippen LogP contribution in [-0.4, -0.2) is 35.9 Å². The summed E-state index contributed by atoms with van der Waals surface area (Å²) < 4.78 is 5.66. The molecule has 0 aliphatic heterocycles. The van der Waals surface area contributed by atoms with Gasteiger partial charge < -0.3 is 10.1 Å². The van der Waals surface area contributed by atoms with E-state index in [2.05, 4.69) is 29.4 Å². The molecule has 1 heterocycles. The fraction of sp³-hybridized carbons (Fsp3) is 0.700. The molecule has 0 bridgehead atoms. The molecule has 96 valence electrons. The number of ether oxygens (including phenoxy) is 1. The minimum Gasteiger partial charge on any atom is -0.381 e. The van der Waals surface area contributed by atoms with Crippen LogP contribution in [0.25, 0.3) is 0 Å². The molecule has 1 amide bonds. The first-order valence-corrected chi connectivity index (χ1v) is 6.64. The van der Waals surface area contributed by atoms with E-state index in [1.165, 1.54) is 0 Å². The van der Waals surface area contributed by atoms with Crippen molar-refractivity contribution in [3.8, 4) is 0 Å². The van der Waals surface area contributed by atoms with Gasteiger partial charge in [0.15, 0.2) is 0 Å². The quantitative estimate of drug-likeness (QED) is 0.774. The number of rotatable bonds is 7. The second kappa shape index (κ2) is 7.58. The van der Waals surface area contributed by atoms with E-state index >= 15 is 0 Å². The maximum Gasteiger partial charge on any atom is 0.282 e. The first-order chi connectivity index (χ1) is 8.09. The van der Waals surface area contributed by atoms with Crippen LogP contribution in [0, 0.1) is 5.92 Å². The highest BCUT2D eigenvalue weighted by Crippen LogP contribution is 2.14. The van der Waals surface area contributed by atoms with E-state index in [-0.39, 0.29) is 15.4 Å². The summed E-state index contributed by atoms with van der Waals surface area (Å²) in [5, 5.41) is 10.2. The van der Waals surface area contributed by atoms with Gasteiger partial charge in [0, 0.05) is 19.8 Å². The lowest BCUT2D eigenvalue weighted by atomic mass is 10.2. The largest absolute Gasteiger partial charge is 0.381 e. The second-order valence-corrected chi connectivity index (χ2v) is 5.50. The van der Waals surface area contributed by atoms with Crippen molar-refractivity contribution >= 4 is 28.8 Å². The van der Waals surface area contributed by atoms with Crippen LogP contribution in [0.3, 0.4) is 0 Å². The molecule has 1 N–H and O–H groups in total. The van der Waals surface area contributed by atoms with E-state index in [0.29, 0.717) is 19.1 Å². The number of aromatic nitrogens is 2. The van der Waals surface area contributed by atoms with Gasteiger partial charge in [-0.25, -0.2) is 0 Å². The third-order valence-corrected chi connectivity index (χ3v) is 2.81. The Balaban J connectivity index is 2.09. The minimum atomic E-state index is -0.238. The topological polar surface area (TPSA) is 64.1 Å². The van der Waals surface area contributed by atoms with Crippen LogP contribution in [-0.2, 0) is 4.74 Å². The third kappa shape index (κ3) is 5.95. The lowest BCUT2D eigenvalue weighted by Gasteiger charge is -2.06.